The third-order valence-electron chi connectivity index (χ3n) is 16.4. The Morgan fingerprint density at radius 3 is 0.511 bits per heavy atom. The van der Waals surface area contributed by atoms with Gasteiger partial charge in [0.05, 0.1) is 52.2 Å². The molecule has 1 radical (unpaired) electrons. The van der Waals surface area contributed by atoms with E-state index < -0.39 is 267 Å². The van der Waals surface area contributed by atoms with Crippen LogP contribution in [0, 0.1) is 5.92 Å². The fourth-order valence-electron chi connectivity index (χ4n) is 11.5. The van der Waals surface area contributed by atoms with Crippen LogP contribution in [0.3, 0.4) is 0 Å². The van der Waals surface area contributed by atoms with Gasteiger partial charge in [-0.15, -0.1) is 0 Å². The first kappa shape index (κ1) is 76.1. The van der Waals surface area contributed by atoms with E-state index in [1.165, 1.54) is 0 Å². The molecule has 37 nitrogen and oxygen atoms in total. The molecule has 38 heteroatoms. The van der Waals surface area contributed by atoms with Gasteiger partial charge in [-0.25, -0.2) is 0 Å². The van der Waals surface area contributed by atoms with Gasteiger partial charge in [-0.1, -0.05) is 26.7 Å². The van der Waals surface area contributed by atoms with Gasteiger partial charge in [0.1, 0.15) is 171 Å². The summed E-state index contributed by atoms with van der Waals surface area (Å²) in [5.41, 5.74) is 0. The second-order valence-corrected chi connectivity index (χ2v) is 22.3. The predicted molar refractivity (Wildman–Crippen MR) is 275 cm³/mol. The number of hydrogen-bond acceptors (Lipinski definition) is 36. The zero-order valence-corrected chi connectivity index (χ0v) is 50.0. The molecule has 0 saturated carbocycles. The molecule has 0 aliphatic carbocycles. The maximum absolute atomic E-state index is 11.3. The number of carboxylic acid groups (broad SMARTS) is 1. The molecule has 0 aromatic rings. The monoisotopic (exact) mass is 1300 g/mol. The van der Waals surface area contributed by atoms with Gasteiger partial charge >= 0.3 is 5.97 Å². The van der Waals surface area contributed by atoms with Gasteiger partial charge in [-0.2, -0.15) is 0 Å². The number of aliphatic hydroxyl groups excluding tert-OH is 21. The number of ether oxygens (including phenoxy) is 14. The van der Waals surface area contributed by atoms with Crippen LogP contribution in [-0.2, 0) is 71.1 Å². The topological polar surface area (TPSA) is 591 Å². The van der Waals surface area contributed by atoms with E-state index in [0.29, 0.717) is 0 Å². The fourth-order valence-corrected chi connectivity index (χ4v) is 11.5. The van der Waals surface area contributed by atoms with Gasteiger partial charge in [0.2, 0.25) is 0 Å². The number of hydrogen-bond donors (Lipinski definition) is 22. The average molecular weight is 1300 g/mol. The summed E-state index contributed by atoms with van der Waals surface area (Å²) in [6, 6.07) is 0. The molecule has 509 valence electrons. The predicted octanol–water partition coefficient (Wildman–Crippen LogP) is -13.3. The zero-order chi connectivity index (χ0) is 64.0. The second kappa shape index (κ2) is 34.1. The maximum atomic E-state index is 11.3. The van der Waals surface area contributed by atoms with Crippen LogP contribution in [0.2, 0.25) is 0 Å². The molecule has 0 aromatic heterocycles. The quantitative estimate of drug-likeness (QED) is 0.0807. The summed E-state index contributed by atoms with van der Waals surface area (Å²) in [6.45, 7) is -3.29. The van der Waals surface area contributed by atoms with Crippen molar-refractivity contribution in [1.29, 1.82) is 0 Å². The van der Waals surface area contributed by atoms with Crippen LogP contribution in [0.25, 0.3) is 0 Å². The molecular formula is C50H86NaO37. The van der Waals surface area contributed by atoms with Crippen LogP contribution in [0.4, 0.5) is 0 Å². The van der Waals surface area contributed by atoms with Crippen molar-refractivity contribution in [2.75, 3.05) is 46.2 Å². The summed E-state index contributed by atoms with van der Waals surface area (Å²) >= 11 is 0. The van der Waals surface area contributed by atoms with Crippen molar-refractivity contribution in [3.05, 3.63) is 0 Å². The Balaban J connectivity index is 0.00000103. The van der Waals surface area contributed by atoms with Crippen molar-refractivity contribution >= 4 is 35.5 Å². The Kier molecular flexibility index (Phi) is 29.5. The molecule has 0 spiro atoms. The molecule has 0 aromatic carbocycles. The number of rotatable bonds is 12. The molecule has 0 amide bonds. The summed E-state index contributed by atoms with van der Waals surface area (Å²) in [7, 11) is 0. The normalized spacial score (nSPS) is 49.6. The van der Waals surface area contributed by atoms with E-state index in [-0.39, 0.29) is 35.5 Å². The largest absolute Gasteiger partial charge is 0.481 e. The van der Waals surface area contributed by atoms with E-state index in [4.69, 9.17) is 71.4 Å². The van der Waals surface area contributed by atoms with E-state index in [2.05, 4.69) is 0 Å². The van der Waals surface area contributed by atoms with Crippen molar-refractivity contribution in [3.63, 3.8) is 0 Å². The Morgan fingerprint density at radius 2 is 0.409 bits per heavy atom. The van der Waals surface area contributed by atoms with Crippen molar-refractivity contribution in [2.24, 2.45) is 5.92 Å². The molecule has 21 fully saturated rings. The van der Waals surface area contributed by atoms with Crippen molar-refractivity contribution in [2.45, 2.75) is 254 Å². The molecule has 22 N–H and O–H groups in total. The summed E-state index contributed by atoms with van der Waals surface area (Å²) in [5, 5.41) is 239. The molecule has 35 atom stereocenters. The molecule has 21 rings (SSSR count). The van der Waals surface area contributed by atoms with E-state index in [9.17, 15) is 112 Å². The molecule has 21 saturated heterocycles. The zero-order valence-electron chi connectivity index (χ0n) is 48.0. The first-order valence-electron chi connectivity index (χ1n) is 28.6. The molecular weight excluding hydrogens is 1220 g/mol. The second-order valence-electron chi connectivity index (χ2n) is 22.3. The van der Waals surface area contributed by atoms with Crippen LogP contribution in [0.1, 0.15) is 39.5 Å². The summed E-state index contributed by atoms with van der Waals surface area (Å²) in [5.74, 6) is -0.737. The number of carbonyl (C=O) groups is 1. The molecule has 14 bridgehead atoms. The van der Waals surface area contributed by atoms with E-state index in [1.807, 2.05) is 13.8 Å². The Hall–Kier alpha value is -0.930. The van der Waals surface area contributed by atoms with Gasteiger partial charge in [0.25, 0.3) is 0 Å². The molecule has 21 aliphatic rings. The maximum Gasteiger partial charge on any atom is 0.306 e. The van der Waals surface area contributed by atoms with E-state index >= 15 is 0 Å². The van der Waals surface area contributed by atoms with Gasteiger partial charge in [-0.3, -0.25) is 4.79 Å². The average Bonchev–Trinajstić information content (AvgIpc) is 1.48. The SMILES string of the molecule is CCCC(CCC)C(=O)O.OC[C@H]1O[C@@H]2O[C@H]3[C@H](O)[C@@H](O)[C@@H](O[C@H]4[C@H](O)[C@@H](O)[C@@H](O[C@H]5[C@H](O)[C@@H](O)[C@@H](O[C@H]6[C@H](O)[C@@H](O)[C@@H](O[C@H]7[C@H](O)[C@@H](O)[C@@H](O[C@H]8[C@H](O)[C@@H](O)[C@@H](O[C@H]1[C@H](O)[C@H]2O)O[C@@H]8CO)O[C@@H]7CO)O[C@@H]6CO)O[C@@H]5CO)O[C@@H]4CO)O[C@@H]3CO.[Na]. The van der Waals surface area contributed by atoms with Crippen molar-refractivity contribution in [1.82, 2.24) is 0 Å². The van der Waals surface area contributed by atoms with Gasteiger partial charge < -0.3 is 179 Å². The Labute approximate surface area is 523 Å². The van der Waals surface area contributed by atoms with Crippen LogP contribution in [-0.4, -0.2) is 409 Å². The molecule has 21 heterocycles. The smallest absolute Gasteiger partial charge is 0.306 e. The number of aliphatic carboxylic acids is 1. The third-order valence-corrected chi connectivity index (χ3v) is 16.4. The fraction of sp³-hybridized carbons (Fsp3) is 0.980. The number of aliphatic hydroxyl groups is 21. The first-order valence-corrected chi connectivity index (χ1v) is 28.6. The summed E-state index contributed by atoms with van der Waals surface area (Å²) < 4.78 is 79.5. The van der Waals surface area contributed by atoms with Gasteiger partial charge in [0.15, 0.2) is 44.0 Å². The standard InChI is InChI=1S/C42H70O35.C8H16O2.Na/c43-1-8-29-15(50)22(57)36(64-8)72-30-9(2-44)66-38(24(59)17(30)52)74-32-11(4-46)68-40(26(61)19(32)54)76-34-13(6-48)70-42(28(63)21(34)56)77-35-14(7-49)69-41(27(62)20(35)55)75-33-12(5-47)67-39(25(60)18(33)53)73-31-10(3-45)65-37(71-29)23(58)16(31)51;1-3-5-7(6-4-2)8(9)10;/h8-63H,1-7H2;7H,3-6H2,1-2H3,(H,9,10);/t8-,9-,10-,11-,12-,13-,14-,15-,16-,17-,18-,19-,20-,21-,22-,23-,24-,25-,26-,27-,28-,29-,30-,31-,32-,33-,34-,35-,36-,37-,38-,39-,40-,41-,42-;;/m1../s1. The first-order chi connectivity index (χ1) is 41.4. The van der Waals surface area contributed by atoms with Crippen LogP contribution in [0.15, 0.2) is 0 Å². The van der Waals surface area contributed by atoms with Crippen molar-refractivity contribution in [3.8, 4) is 0 Å². The number of carboxylic acids is 1. The van der Waals surface area contributed by atoms with Gasteiger partial charge in [0, 0.05) is 29.6 Å². The summed E-state index contributed by atoms with van der Waals surface area (Å²) in [6.07, 6.45) is -66.7. The third kappa shape index (κ3) is 16.5. The Bertz CT molecular complexity index is 1690. The van der Waals surface area contributed by atoms with Gasteiger partial charge in [-0.05, 0) is 12.8 Å². The Morgan fingerprint density at radius 1 is 0.273 bits per heavy atom. The van der Waals surface area contributed by atoms with Crippen LogP contribution >= 0.6 is 0 Å². The van der Waals surface area contributed by atoms with E-state index in [0.717, 1.165) is 25.7 Å². The molecule has 0 unspecified atom stereocenters. The minimum Gasteiger partial charge on any atom is -0.481 e. The summed E-state index contributed by atoms with van der Waals surface area (Å²) in [4.78, 5) is 10.5. The minimum absolute atomic E-state index is 0. The molecule has 88 heavy (non-hydrogen) atoms. The molecule has 21 aliphatic heterocycles. The van der Waals surface area contributed by atoms with E-state index in [1.54, 1.807) is 0 Å². The minimum atomic E-state index is -2.21. The van der Waals surface area contributed by atoms with Crippen LogP contribution < -0.4 is 0 Å². The van der Waals surface area contributed by atoms with Crippen molar-refractivity contribution < 1.29 is 183 Å². The van der Waals surface area contributed by atoms with Crippen LogP contribution in [0.5, 0.6) is 0 Å².